The first-order valence-corrected chi connectivity index (χ1v) is 2.59. The molecule has 0 atom stereocenters. The largest absolute Gasteiger partial charge is 0.483 e. The lowest BCUT2D eigenvalue weighted by molar-refractivity contribution is -0.134. The Labute approximate surface area is 76.8 Å². The van der Waals surface area contributed by atoms with Gasteiger partial charge in [0, 0.05) is 21.0 Å². The fourth-order valence-corrected chi connectivity index (χ4v) is 0. The van der Waals surface area contributed by atoms with E-state index in [4.69, 9.17) is 30.2 Å². The zero-order valence-electron chi connectivity index (χ0n) is 7.89. The molecule has 0 saturated carbocycles. The molecule has 7 heteroatoms. The van der Waals surface area contributed by atoms with Crippen LogP contribution in [0.5, 0.6) is 0 Å². The van der Waals surface area contributed by atoms with Gasteiger partial charge in [0.15, 0.2) is 0 Å². The SMILES string of the molecule is CC#N.CC(=O)O.CO.N.O=CO. The number of hydrogen-bond donors (Lipinski definition) is 4. The van der Waals surface area contributed by atoms with E-state index < -0.39 is 5.97 Å². The quantitative estimate of drug-likeness (QED) is 0.400. The van der Waals surface area contributed by atoms with Crippen molar-refractivity contribution in [3.05, 3.63) is 0 Å². The van der Waals surface area contributed by atoms with Crippen molar-refractivity contribution in [3.63, 3.8) is 0 Å². The van der Waals surface area contributed by atoms with Crippen molar-refractivity contribution in [1.82, 2.24) is 6.15 Å². The van der Waals surface area contributed by atoms with Gasteiger partial charge in [-0.25, -0.2) is 0 Å². The van der Waals surface area contributed by atoms with Gasteiger partial charge in [-0.3, -0.25) is 9.59 Å². The Bertz CT molecular complexity index is 117. The second-order valence-electron chi connectivity index (χ2n) is 0.848. The van der Waals surface area contributed by atoms with Crippen molar-refractivity contribution >= 4 is 12.4 Å². The van der Waals surface area contributed by atoms with Crippen LogP contribution >= 0.6 is 0 Å². The zero-order chi connectivity index (χ0) is 11.0. The third-order valence-corrected chi connectivity index (χ3v) is 0. The molecule has 80 valence electrons. The smallest absolute Gasteiger partial charge is 0.300 e. The number of carbonyl (C=O) groups is 2. The van der Waals surface area contributed by atoms with Gasteiger partial charge in [0.05, 0.1) is 6.07 Å². The summed E-state index contributed by atoms with van der Waals surface area (Å²) in [5.74, 6) is -0.833. The van der Waals surface area contributed by atoms with E-state index in [9.17, 15) is 0 Å². The summed E-state index contributed by atoms with van der Waals surface area (Å²) in [4.78, 5) is 17.4. The Hall–Kier alpha value is -1.65. The lowest BCUT2D eigenvalue weighted by Gasteiger charge is -1.59. The molecule has 0 amide bonds. The molecular weight excluding hydrogens is 180 g/mol. The van der Waals surface area contributed by atoms with Gasteiger partial charge in [-0.1, -0.05) is 0 Å². The fraction of sp³-hybridized carbons (Fsp3) is 0.500. The number of carboxylic acids is 1. The maximum atomic E-state index is 9.00. The number of carboxylic acid groups (broad SMARTS) is 2. The Morgan fingerprint density at radius 2 is 1.46 bits per heavy atom. The summed E-state index contributed by atoms with van der Waals surface area (Å²) in [6.45, 7) is 2.26. The van der Waals surface area contributed by atoms with Crippen LogP contribution in [0.3, 0.4) is 0 Å². The normalized spacial score (nSPS) is 3.92. The van der Waals surface area contributed by atoms with E-state index in [1.165, 1.54) is 6.92 Å². The minimum atomic E-state index is -0.833. The third kappa shape index (κ3) is 265. The summed E-state index contributed by atoms with van der Waals surface area (Å²) in [6.07, 6.45) is 0. The van der Waals surface area contributed by atoms with Crippen LogP contribution in [0.25, 0.3) is 0 Å². The molecule has 0 spiro atoms. The average Bonchev–Trinajstić information content (AvgIpc) is 1.92. The van der Waals surface area contributed by atoms with Crippen molar-refractivity contribution in [2.45, 2.75) is 13.8 Å². The number of rotatable bonds is 0. The van der Waals surface area contributed by atoms with E-state index in [0.29, 0.717) is 0 Å². The van der Waals surface area contributed by atoms with Gasteiger partial charge in [-0.2, -0.15) is 5.26 Å². The lowest BCUT2D eigenvalue weighted by Crippen LogP contribution is -1.78. The maximum Gasteiger partial charge on any atom is 0.300 e. The molecular formula is C6H16N2O5. The Morgan fingerprint density at radius 1 is 1.46 bits per heavy atom. The fourth-order valence-electron chi connectivity index (χ4n) is 0. The van der Waals surface area contributed by atoms with Crippen LogP contribution < -0.4 is 6.15 Å². The molecule has 0 rings (SSSR count). The second kappa shape index (κ2) is 80.6. The molecule has 0 saturated heterocycles. The van der Waals surface area contributed by atoms with Crippen LogP contribution in [0.2, 0.25) is 0 Å². The summed E-state index contributed by atoms with van der Waals surface area (Å²) in [5.41, 5.74) is 0. The number of nitriles is 1. The number of aliphatic hydroxyl groups is 1. The molecule has 0 aliphatic carbocycles. The summed E-state index contributed by atoms with van der Waals surface area (Å²) < 4.78 is 0. The van der Waals surface area contributed by atoms with E-state index >= 15 is 0 Å². The van der Waals surface area contributed by atoms with Crippen LogP contribution in [0, 0.1) is 11.3 Å². The van der Waals surface area contributed by atoms with Crippen molar-refractivity contribution in [3.8, 4) is 6.07 Å². The van der Waals surface area contributed by atoms with Gasteiger partial charge in [0.1, 0.15) is 0 Å². The van der Waals surface area contributed by atoms with Crippen LogP contribution in [0.4, 0.5) is 0 Å². The van der Waals surface area contributed by atoms with Crippen molar-refractivity contribution in [2.75, 3.05) is 7.11 Å². The van der Waals surface area contributed by atoms with Gasteiger partial charge in [0.2, 0.25) is 0 Å². The number of aliphatic hydroxyl groups excluding tert-OH is 1. The molecule has 0 aliphatic heterocycles. The van der Waals surface area contributed by atoms with Gasteiger partial charge in [0.25, 0.3) is 12.4 Å². The molecule has 0 fully saturated rings. The minimum absolute atomic E-state index is 0. The zero-order valence-corrected chi connectivity index (χ0v) is 7.89. The van der Waals surface area contributed by atoms with E-state index in [-0.39, 0.29) is 12.6 Å². The predicted octanol–water partition coefficient (Wildman–Crippen LogP) is 0.0921. The number of hydrogen-bond acceptors (Lipinski definition) is 5. The maximum absolute atomic E-state index is 9.00. The molecule has 0 unspecified atom stereocenters. The third-order valence-electron chi connectivity index (χ3n) is 0. The first-order chi connectivity index (χ1) is 5.56. The monoisotopic (exact) mass is 196 g/mol. The highest BCUT2D eigenvalue weighted by atomic mass is 16.4. The van der Waals surface area contributed by atoms with Gasteiger partial charge < -0.3 is 21.5 Å². The van der Waals surface area contributed by atoms with Gasteiger partial charge in [-0.15, -0.1) is 0 Å². The van der Waals surface area contributed by atoms with Crippen LogP contribution in [0.15, 0.2) is 0 Å². The highest BCUT2D eigenvalue weighted by Crippen LogP contribution is 1.42. The van der Waals surface area contributed by atoms with Crippen molar-refractivity contribution < 1.29 is 24.9 Å². The predicted molar refractivity (Wildman–Crippen MR) is 46.5 cm³/mol. The van der Waals surface area contributed by atoms with Gasteiger partial charge >= 0.3 is 0 Å². The average molecular weight is 196 g/mol. The molecule has 6 N–H and O–H groups in total. The molecule has 0 bridgehead atoms. The molecule has 13 heavy (non-hydrogen) atoms. The van der Waals surface area contributed by atoms with Crippen LogP contribution in [-0.2, 0) is 9.59 Å². The molecule has 0 aliphatic rings. The van der Waals surface area contributed by atoms with Gasteiger partial charge in [-0.05, 0) is 0 Å². The van der Waals surface area contributed by atoms with Crippen LogP contribution in [0.1, 0.15) is 13.8 Å². The minimum Gasteiger partial charge on any atom is -0.483 e. The molecule has 0 radical (unpaired) electrons. The van der Waals surface area contributed by atoms with Crippen molar-refractivity contribution in [2.24, 2.45) is 0 Å². The Kier molecular flexibility index (Phi) is 187. The Balaban J connectivity index is -0.0000000220. The summed E-state index contributed by atoms with van der Waals surface area (Å²) in [7, 11) is 1.00. The highest BCUT2D eigenvalue weighted by molar-refractivity contribution is 5.62. The summed E-state index contributed by atoms with van der Waals surface area (Å²) in [6, 6.07) is 1.75. The van der Waals surface area contributed by atoms with E-state index in [1.54, 1.807) is 6.07 Å². The topological polar surface area (TPSA) is 154 Å². The molecule has 0 aromatic rings. The van der Waals surface area contributed by atoms with E-state index in [2.05, 4.69) is 0 Å². The summed E-state index contributed by atoms with van der Waals surface area (Å²) >= 11 is 0. The van der Waals surface area contributed by atoms with E-state index in [1.807, 2.05) is 0 Å². The number of aliphatic carboxylic acids is 1. The van der Waals surface area contributed by atoms with Crippen LogP contribution in [-0.4, -0.2) is 34.9 Å². The first-order valence-electron chi connectivity index (χ1n) is 2.59. The van der Waals surface area contributed by atoms with E-state index in [0.717, 1.165) is 14.0 Å². The molecule has 0 aromatic carbocycles. The summed E-state index contributed by atoms with van der Waals surface area (Å²) in [5, 5.41) is 28.6. The molecule has 0 aromatic heterocycles. The molecule has 0 heterocycles. The lowest BCUT2D eigenvalue weighted by atomic mass is 10.9. The highest BCUT2D eigenvalue weighted by Gasteiger charge is 1.65. The number of nitrogens with zero attached hydrogens (tertiary/aromatic N) is 1. The Morgan fingerprint density at radius 3 is 1.46 bits per heavy atom. The standard InChI is InChI=1S/C2H3N.C2H4O2.CH2O2.CH4O.H3N/c1-2-3;1-2(3)4;2-1-3;1-2;/h1H3;1H3,(H,3,4);1H,(H,2,3);2H,1H3;1H3. The second-order valence-corrected chi connectivity index (χ2v) is 0.848. The molecule has 7 nitrogen and oxygen atoms in total. The van der Waals surface area contributed by atoms with Crippen molar-refractivity contribution in [1.29, 1.82) is 5.26 Å². The first kappa shape index (κ1) is 30.2.